The largest absolute Gasteiger partial charge is 0.306 e. The maximum absolute atomic E-state index is 12.3. The average molecular weight is 280 g/mol. The van der Waals surface area contributed by atoms with Crippen LogP contribution in [0.15, 0.2) is 29.1 Å². The molecule has 3 nitrogen and oxygen atoms in total. The second kappa shape index (κ2) is 5.14. The summed E-state index contributed by atoms with van der Waals surface area (Å²) in [7, 11) is 0. The molecule has 2 aliphatic rings. The first-order chi connectivity index (χ1) is 10.3. The Morgan fingerprint density at radius 2 is 1.95 bits per heavy atom. The lowest BCUT2D eigenvalue weighted by Gasteiger charge is -2.08. The van der Waals surface area contributed by atoms with Gasteiger partial charge in [-0.3, -0.25) is 4.79 Å². The number of nitrogens with zero attached hydrogens (tertiary/aromatic N) is 1. The summed E-state index contributed by atoms with van der Waals surface area (Å²) in [6, 6.07) is 8.50. The van der Waals surface area contributed by atoms with E-state index in [1.165, 1.54) is 24.8 Å². The molecule has 0 bridgehead atoms. The monoisotopic (exact) mass is 280 g/mol. The van der Waals surface area contributed by atoms with E-state index < -0.39 is 0 Å². The van der Waals surface area contributed by atoms with Crippen molar-refractivity contribution < 1.29 is 0 Å². The summed E-state index contributed by atoms with van der Waals surface area (Å²) in [4.78, 5) is 20.1. The SMILES string of the molecule is O=c1[nH]c(-c2cccc(C3CC3)c2)nc2c1CCCCC2. The van der Waals surface area contributed by atoms with Crippen molar-refractivity contribution in [3.63, 3.8) is 0 Å². The minimum absolute atomic E-state index is 0.0636. The average Bonchev–Trinajstić information content (AvgIpc) is 3.34. The highest BCUT2D eigenvalue weighted by molar-refractivity contribution is 5.57. The number of hydrogen-bond donors (Lipinski definition) is 1. The van der Waals surface area contributed by atoms with Gasteiger partial charge in [-0.2, -0.15) is 0 Å². The number of benzene rings is 1. The molecular weight excluding hydrogens is 260 g/mol. The number of rotatable bonds is 2. The third kappa shape index (κ3) is 2.53. The highest BCUT2D eigenvalue weighted by Crippen LogP contribution is 2.40. The van der Waals surface area contributed by atoms with E-state index in [1.807, 2.05) is 6.07 Å². The van der Waals surface area contributed by atoms with Gasteiger partial charge >= 0.3 is 0 Å². The zero-order valence-corrected chi connectivity index (χ0v) is 12.2. The lowest BCUT2D eigenvalue weighted by molar-refractivity contribution is 0.708. The molecule has 0 aliphatic heterocycles. The molecule has 0 spiro atoms. The first-order valence-corrected chi connectivity index (χ1v) is 8.03. The Morgan fingerprint density at radius 3 is 2.81 bits per heavy atom. The van der Waals surface area contributed by atoms with Crippen LogP contribution >= 0.6 is 0 Å². The molecule has 1 N–H and O–H groups in total. The van der Waals surface area contributed by atoms with Gasteiger partial charge in [-0.1, -0.05) is 24.6 Å². The van der Waals surface area contributed by atoms with E-state index in [1.54, 1.807) is 0 Å². The van der Waals surface area contributed by atoms with Crippen molar-refractivity contribution in [1.29, 1.82) is 0 Å². The number of H-pyrrole nitrogens is 1. The standard InChI is InChI=1S/C18H20N2O/c21-18-15-7-2-1-3-8-16(15)19-17(20-18)14-6-4-5-13(11-14)12-9-10-12/h4-6,11-12H,1-3,7-10H2,(H,19,20,21). The second-order valence-electron chi connectivity index (χ2n) is 6.30. The molecular formula is C18H20N2O. The summed E-state index contributed by atoms with van der Waals surface area (Å²) in [5, 5.41) is 0. The molecule has 0 amide bonds. The maximum Gasteiger partial charge on any atom is 0.254 e. The smallest absolute Gasteiger partial charge is 0.254 e. The van der Waals surface area contributed by atoms with E-state index in [-0.39, 0.29) is 5.56 Å². The van der Waals surface area contributed by atoms with Gasteiger partial charge < -0.3 is 4.98 Å². The number of nitrogens with one attached hydrogen (secondary N) is 1. The first kappa shape index (κ1) is 12.8. The molecule has 108 valence electrons. The summed E-state index contributed by atoms with van der Waals surface area (Å²) in [5.41, 5.74) is 4.42. The molecule has 1 aromatic carbocycles. The Hall–Kier alpha value is -1.90. The molecule has 2 aromatic rings. The van der Waals surface area contributed by atoms with Gasteiger partial charge in [-0.25, -0.2) is 4.98 Å². The second-order valence-corrected chi connectivity index (χ2v) is 6.30. The van der Waals surface area contributed by atoms with Gasteiger partial charge in [0, 0.05) is 11.1 Å². The van der Waals surface area contributed by atoms with Crippen LogP contribution < -0.4 is 5.56 Å². The fraction of sp³-hybridized carbons (Fsp3) is 0.444. The van der Waals surface area contributed by atoms with Crippen LogP contribution in [0, 0.1) is 0 Å². The van der Waals surface area contributed by atoms with Crippen molar-refractivity contribution in [3.05, 3.63) is 51.4 Å². The molecule has 4 rings (SSSR count). The third-order valence-corrected chi connectivity index (χ3v) is 4.65. The van der Waals surface area contributed by atoms with E-state index in [9.17, 15) is 4.79 Å². The normalized spacial score (nSPS) is 18.1. The van der Waals surface area contributed by atoms with Crippen molar-refractivity contribution in [1.82, 2.24) is 9.97 Å². The number of aromatic nitrogens is 2. The molecule has 1 aromatic heterocycles. The van der Waals surface area contributed by atoms with E-state index in [4.69, 9.17) is 4.98 Å². The quantitative estimate of drug-likeness (QED) is 0.855. The number of aryl methyl sites for hydroxylation is 1. The Morgan fingerprint density at radius 1 is 1.10 bits per heavy atom. The fourth-order valence-electron chi connectivity index (χ4n) is 3.27. The molecule has 0 unspecified atom stereocenters. The summed E-state index contributed by atoms with van der Waals surface area (Å²) < 4.78 is 0. The van der Waals surface area contributed by atoms with Gasteiger partial charge in [0.15, 0.2) is 0 Å². The molecule has 1 saturated carbocycles. The van der Waals surface area contributed by atoms with Crippen LogP contribution in [-0.2, 0) is 12.8 Å². The van der Waals surface area contributed by atoms with Crippen LogP contribution in [0.2, 0.25) is 0 Å². The van der Waals surface area contributed by atoms with Crippen LogP contribution in [0.5, 0.6) is 0 Å². The van der Waals surface area contributed by atoms with Crippen LogP contribution in [-0.4, -0.2) is 9.97 Å². The van der Waals surface area contributed by atoms with Gasteiger partial charge in [0.2, 0.25) is 0 Å². The van der Waals surface area contributed by atoms with Crippen molar-refractivity contribution in [2.45, 2.75) is 50.9 Å². The molecule has 21 heavy (non-hydrogen) atoms. The fourth-order valence-corrected chi connectivity index (χ4v) is 3.27. The van der Waals surface area contributed by atoms with Crippen LogP contribution in [0.3, 0.4) is 0 Å². The predicted molar refractivity (Wildman–Crippen MR) is 83.5 cm³/mol. The zero-order valence-electron chi connectivity index (χ0n) is 12.2. The van der Waals surface area contributed by atoms with Gasteiger partial charge in [-0.15, -0.1) is 0 Å². The maximum atomic E-state index is 12.3. The van der Waals surface area contributed by atoms with E-state index >= 15 is 0 Å². The lowest BCUT2D eigenvalue weighted by atomic mass is 10.1. The van der Waals surface area contributed by atoms with Crippen molar-refractivity contribution in [3.8, 4) is 11.4 Å². The number of fused-ring (bicyclic) bond motifs is 1. The topological polar surface area (TPSA) is 45.8 Å². The molecule has 0 saturated heterocycles. The van der Waals surface area contributed by atoms with Crippen LogP contribution in [0.1, 0.15) is 54.8 Å². The molecule has 1 heterocycles. The highest BCUT2D eigenvalue weighted by Gasteiger charge is 2.24. The van der Waals surface area contributed by atoms with Gasteiger partial charge in [-0.05, 0) is 56.1 Å². The molecule has 3 heteroatoms. The minimum atomic E-state index is 0.0636. The lowest BCUT2D eigenvalue weighted by Crippen LogP contribution is -2.18. The first-order valence-electron chi connectivity index (χ1n) is 8.03. The van der Waals surface area contributed by atoms with Gasteiger partial charge in [0.05, 0.1) is 5.69 Å². The Balaban J connectivity index is 1.78. The molecule has 2 aliphatic carbocycles. The molecule has 0 atom stereocenters. The highest BCUT2D eigenvalue weighted by atomic mass is 16.1. The Kier molecular flexibility index (Phi) is 3.13. The van der Waals surface area contributed by atoms with Crippen LogP contribution in [0.25, 0.3) is 11.4 Å². The van der Waals surface area contributed by atoms with E-state index in [2.05, 4.69) is 23.2 Å². The number of hydrogen-bond acceptors (Lipinski definition) is 2. The van der Waals surface area contributed by atoms with E-state index in [0.29, 0.717) is 0 Å². The van der Waals surface area contributed by atoms with Crippen molar-refractivity contribution >= 4 is 0 Å². The summed E-state index contributed by atoms with van der Waals surface area (Å²) in [6.07, 6.45) is 7.84. The molecule has 1 fully saturated rings. The van der Waals surface area contributed by atoms with Crippen molar-refractivity contribution in [2.24, 2.45) is 0 Å². The van der Waals surface area contributed by atoms with Gasteiger partial charge in [0.25, 0.3) is 5.56 Å². The van der Waals surface area contributed by atoms with Crippen LogP contribution in [0.4, 0.5) is 0 Å². The van der Waals surface area contributed by atoms with Gasteiger partial charge in [0.1, 0.15) is 5.82 Å². The molecule has 0 radical (unpaired) electrons. The summed E-state index contributed by atoms with van der Waals surface area (Å²) >= 11 is 0. The predicted octanol–water partition coefficient (Wildman–Crippen LogP) is 3.58. The zero-order chi connectivity index (χ0) is 14.2. The summed E-state index contributed by atoms with van der Waals surface area (Å²) in [6.45, 7) is 0. The minimum Gasteiger partial charge on any atom is -0.306 e. The van der Waals surface area contributed by atoms with Crippen molar-refractivity contribution in [2.75, 3.05) is 0 Å². The Labute approximate surface area is 124 Å². The number of aromatic amines is 1. The third-order valence-electron chi connectivity index (χ3n) is 4.65. The van der Waals surface area contributed by atoms with E-state index in [0.717, 1.165) is 54.2 Å². The summed E-state index contributed by atoms with van der Waals surface area (Å²) in [5.74, 6) is 1.46. The Bertz CT molecular complexity index is 728.